The smallest absolute Gasteiger partial charge is 0.316 e. The predicted octanol–water partition coefficient (Wildman–Crippen LogP) is 3.02. The van der Waals surface area contributed by atoms with Gasteiger partial charge in [0.25, 0.3) is 0 Å². The van der Waals surface area contributed by atoms with E-state index in [1.165, 1.54) is 5.56 Å². The lowest BCUT2D eigenvalue weighted by Gasteiger charge is -2.39. The molecule has 2 fully saturated rings. The van der Waals surface area contributed by atoms with Gasteiger partial charge in [-0.15, -0.1) is 0 Å². The quantitative estimate of drug-likeness (QED) is 0.903. The van der Waals surface area contributed by atoms with Crippen LogP contribution in [0.15, 0.2) is 30.3 Å². The highest BCUT2D eigenvalue weighted by atomic mass is 19.4. The molecule has 116 valence electrons. The van der Waals surface area contributed by atoms with Crippen molar-refractivity contribution in [2.45, 2.75) is 24.9 Å². The van der Waals surface area contributed by atoms with Gasteiger partial charge in [-0.05, 0) is 24.9 Å². The summed E-state index contributed by atoms with van der Waals surface area (Å²) in [5, 5.41) is 3.39. The largest absolute Gasteiger partial charge is 0.401 e. The number of hydrogen-bond acceptors (Lipinski definition) is 2. The van der Waals surface area contributed by atoms with Gasteiger partial charge in [0, 0.05) is 31.0 Å². The number of piperidine rings is 1. The SMILES string of the molecule is FC(F)(F)CN1CC(c2ccccc2)C2(CCCNC2)C1. The summed E-state index contributed by atoms with van der Waals surface area (Å²) in [4.78, 5) is 1.59. The van der Waals surface area contributed by atoms with Crippen molar-refractivity contribution < 1.29 is 13.2 Å². The van der Waals surface area contributed by atoms with Crippen LogP contribution in [0.1, 0.15) is 24.3 Å². The maximum absolute atomic E-state index is 12.7. The van der Waals surface area contributed by atoms with Gasteiger partial charge in [-0.25, -0.2) is 0 Å². The Balaban J connectivity index is 1.84. The molecule has 2 heterocycles. The molecule has 2 aliphatic heterocycles. The van der Waals surface area contributed by atoms with Crippen LogP contribution >= 0.6 is 0 Å². The van der Waals surface area contributed by atoms with E-state index in [0.29, 0.717) is 13.1 Å². The van der Waals surface area contributed by atoms with Crippen LogP contribution in [0.25, 0.3) is 0 Å². The maximum atomic E-state index is 12.7. The third-order valence-corrected chi connectivity index (χ3v) is 4.83. The van der Waals surface area contributed by atoms with E-state index in [1.807, 2.05) is 18.2 Å². The van der Waals surface area contributed by atoms with Gasteiger partial charge in [0.1, 0.15) is 0 Å². The molecule has 0 aromatic heterocycles. The summed E-state index contributed by atoms with van der Waals surface area (Å²) in [5.74, 6) is 0.189. The molecule has 3 rings (SSSR count). The molecule has 0 saturated carbocycles. The van der Waals surface area contributed by atoms with E-state index in [2.05, 4.69) is 17.4 Å². The zero-order valence-corrected chi connectivity index (χ0v) is 12.0. The number of likely N-dealkylation sites (tertiary alicyclic amines) is 1. The van der Waals surface area contributed by atoms with Gasteiger partial charge in [-0.3, -0.25) is 4.90 Å². The van der Waals surface area contributed by atoms with Crippen molar-refractivity contribution in [2.75, 3.05) is 32.7 Å². The molecule has 2 unspecified atom stereocenters. The number of rotatable bonds is 2. The predicted molar refractivity (Wildman–Crippen MR) is 76.2 cm³/mol. The molecule has 1 spiro atoms. The van der Waals surface area contributed by atoms with Gasteiger partial charge in [-0.1, -0.05) is 30.3 Å². The average Bonchev–Trinajstić information content (AvgIpc) is 2.76. The normalized spacial score (nSPS) is 30.9. The van der Waals surface area contributed by atoms with E-state index in [0.717, 1.165) is 25.9 Å². The van der Waals surface area contributed by atoms with Crippen LogP contribution in [0.3, 0.4) is 0 Å². The monoisotopic (exact) mass is 298 g/mol. The Labute approximate surface area is 123 Å². The summed E-state index contributed by atoms with van der Waals surface area (Å²) in [6, 6.07) is 10.0. The van der Waals surface area contributed by atoms with Gasteiger partial charge < -0.3 is 5.32 Å². The first-order valence-corrected chi connectivity index (χ1v) is 7.53. The number of alkyl halides is 3. The van der Waals surface area contributed by atoms with Crippen molar-refractivity contribution in [3.63, 3.8) is 0 Å². The fourth-order valence-electron chi connectivity index (χ4n) is 4.01. The minimum atomic E-state index is -4.12. The summed E-state index contributed by atoms with van der Waals surface area (Å²) >= 11 is 0. The molecule has 5 heteroatoms. The van der Waals surface area contributed by atoms with Crippen molar-refractivity contribution in [3.8, 4) is 0 Å². The van der Waals surface area contributed by atoms with Crippen molar-refractivity contribution in [2.24, 2.45) is 5.41 Å². The maximum Gasteiger partial charge on any atom is 0.401 e. The van der Waals surface area contributed by atoms with E-state index >= 15 is 0 Å². The van der Waals surface area contributed by atoms with Crippen LogP contribution in [0.5, 0.6) is 0 Å². The lowest BCUT2D eigenvalue weighted by Crippen LogP contribution is -2.45. The molecule has 21 heavy (non-hydrogen) atoms. The van der Waals surface area contributed by atoms with Crippen LogP contribution in [-0.2, 0) is 0 Å². The Morgan fingerprint density at radius 2 is 2.00 bits per heavy atom. The number of nitrogens with one attached hydrogen (secondary N) is 1. The minimum Gasteiger partial charge on any atom is -0.316 e. The summed E-state index contributed by atoms with van der Waals surface area (Å²) in [7, 11) is 0. The molecular weight excluding hydrogens is 277 g/mol. The van der Waals surface area contributed by atoms with Crippen molar-refractivity contribution in [3.05, 3.63) is 35.9 Å². The molecule has 0 aliphatic carbocycles. The second-order valence-electron chi connectivity index (χ2n) is 6.39. The summed E-state index contributed by atoms with van der Waals surface area (Å²) in [6.07, 6.45) is -2.06. The standard InChI is InChI=1S/C16H21F3N2/c17-16(18,19)12-21-9-14(13-5-2-1-3-6-13)15(11-21)7-4-8-20-10-15/h1-3,5-6,14,20H,4,7-12H2. The first-order valence-electron chi connectivity index (χ1n) is 7.53. The second kappa shape index (κ2) is 5.61. The Morgan fingerprint density at radius 3 is 2.62 bits per heavy atom. The highest BCUT2D eigenvalue weighted by molar-refractivity contribution is 5.25. The van der Waals surface area contributed by atoms with Crippen molar-refractivity contribution in [1.29, 1.82) is 0 Å². The molecule has 1 N–H and O–H groups in total. The third kappa shape index (κ3) is 3.24. The summed E-state index contributed by atoms with van der Waals surface area (Å²) < 4.78 is 38.2. The topological polar surface area (TPSA) is 15.3 Å². The number of halogens is 3. The average molecular weight is 298 g/mol. The Kier molecular flexibility index (Phi) is 3.97. The fourth-order valence-corrected chi connectivity index (χ4v) is 4.01. The van der Waals surface area contributed by atoms with Crippen LogP contribution in [0.4, 0.5) is 13.2 Å². The van der Waals surface area contributed by atoms with Crippen LogP contribution in [-0.4, -0.2) is 43.8 Å². The Bertz CT molecular complexity index is 466. The van der Waals surface area contributed by atoms with E-state index in [9.17, 15) is 13.2 Å². The van der Waals surface area contributed by atoms with E-state index in [4.69, 9.17) is 0 Å². The van der Waals surface area contributed by atoms with Gasteiger partial charge >= 0.3 is 6.18 Å². The van der Waals surface area contributed by atoms with E-state index < -0.39 is 12.7 Å². The molecule has 0 amide bonds. The zero-order valence-electron chi connectivity index (χ0n) is 12.0. The molecule has 0 bridgehead atoms. The molecule has 2 saturated heterocycles. The Morgan fingerprint density at radius 1 is 1.24 bits per heavy atom. The molecule has 1 aromatic carbocycles. The highest BCUT2D eigenvalue weighted by Gasteiger charge is 2.49. The molecular formula is C16H21F3N2. The second-order valence-corrected chi connectivity index (χ2v) is 6.39. The zero-order chi connectivity index (χ0) is 14.9. The molecule has 2 aliphatic rings. The first-order chi connectivity index (χ1) is 9.99. The molecule has 2 atom stereocenters. The third-order valence-electron chi connectivity index (χ3n) is 4.83. The van der Waals surface area contributed by atoms with Gasteiger partial charge in [0.05, 0.1) is 6.54 Å². The lowest BCUT2D eigenvalue weighted by atomic mass is 9.70. The Hall–Kier alpha value is -1.07. The van der Waals surface area contributed by atoms with Crippen LogP contribution in [0.2, 0.25) is 0 Å². The molecule has 0 radical (unpaired) electrons. The lowest BCUT2D eigenvalue weighted by molar-refractivity contribution is -0.144. The van der Waals surface area contributed by atoms with Crippen molar-refractivity contribution in [1.82, 2.24) is 10.2 Å². The van der Waals surface area contributed by atoms with Gasteiger partial charge in [0.2, 0.25) is 0 Å². The van der Waals surface area contributed by atoms with Crippen molar-refractivity contribution >= 4 is 0 Å². The van der Waals surface area contributed by atoms with Crippen LogP contribution < -0.4 is 5.32 Å². The van der Waals surface area contributed by atoms with E-state index in [-0.39, 0.29) is 11.3 Å². The highest BCUT2D eigenvalue weighted by Crippen LogP contribution is 2.47. The summed E-state index contributed by atoms with van der Waals surface area (Å²) in [6.45, 7) is 2.05. The fraction of sp³-hybridized carbons (Fsp3) is 0.625. The molecule has 2 nitrogen and oxygen atoms in total. The number of hydrogen-bond donors (Lipinski definition) is 1. The van der Waals surface area contributed by atoms with Crippen LogP contribution in [0, 0.1) is 5.41 Å². The number of benzene rings is 1. The molecule has 1 aromatic rings. The minimum absolute atomic E-state index is 0.0507. The first kappa shape index (κ1) is 14.9. The van der Waals surface area contributed by atoms with E-state index in [1.54, 1.807) is 4.90 Å². The van der Waals surface area contributed by atoms with Gasteiger partial charge in [-0.2, -0.15) is 13.2 Å². The summed E-state index contributed by atoms with van der Waals surface area (Å²) in [5.41, 5.74) is 1.12. The van der Waals surface area contributed by atoms with Gasteiger partial charge in [0.15, 0.2) is 0 Å². The number of nitrogens with zero attached hydrogens (tertiary/aromatic N) is 1.